The van der Waals surface area contributed by atoms with E-state index < -0.39 is 0 Å². The summed E-state index contributed by atoms with van der Waals surface area (Å²) in [4.78, 5) is 0. The predicted octanol–water partition coefficient (Wildman–Crippen LogP) is 7.01. The van der Waals surface area contributed by atoms with Crippen molar-refractivity contribution >= 4 is 7.28 Å². The molecule has 2 atom stereocenters. The Morgan fingerprint density at radius 2 is 1.27 bits per heavy atom. The van der Waals surface area contributed by atoms with E-state index in [2.05, 4.69) is 13.8 Å². The molecular formula is C21H41B. The van der Waals surface area contributed by atoms with E-state index in [0.29, 0.717) is 0 Å². The van der Waals surface area contributed by atoms with Crippen LogP contribution < -0.4 is 0 Å². The van der Waals surface area contributed by atoms with Gasteiger partial charge in [0.25, 0.3) is 0 Å². The summed E-state index contributed by atoms with van der Waals surface area (Å²) in [6.07, 6.45) is 22.8. The SMILES string of the molecule is CC(C)CC1CCCCCCBC1C1CCCCCCCC1. The highest BCUT2D eigenvalue weighted by Crippen LogP contribution is 2.42. The zero-order valence-electron chi connectivity index (χ0n) is 15.6. The minimum atomic E-state index is 0.893. The van der Waals surface area contributed by atoms with E-state index in [4.69, 9.17) is 0 Å². The molecule has 2 aliphatic rings. The number of rotatable bonds is 3. The maximum Gasteiger partial charge on any atom is 0.124 e. The van der Waals surface area contributed by atoms with Crippen LogP contribution in [0.25, 0.3) is 0 Å². The standard InChI is InChI=1S/C21H41B/c1-18(2)17-20-15-11-7-8-12-16-22-21(20)19-13-9-5-3-4-6-10-14-19/h18-22H,3-17H2,1-2H3. The third-order valence-corrected chi connectivity index (χ3v) is 6.50. The summed E-state index contributed by atoms with van der Waals surface area (Å²) in [5, 5.41) is 0. The van der Waals surface area contributed by atoms with Crippen LogP contribution in [0.1, 0.15) is 104 Å². The molecule has 2 fully saturated rings. The minimum absolute atomic E-state index is 0.893. The Bertz CT molecular complexity index is 263. The largest absolute Gasteiger partial charge is 0.124 e. The highest BCUT2D eigenvalue weighted by Gasteiger charge is 2.30. The van der Waals surface area contributed by atoms with Gasteiger partial charge in [0.15, 0.2) is 0 Å². The molecule has 0 amide bonds. The normalized spacial score (nSPS) is 30.3. The van der Waals surface area contributed by atoms with E-state index in [0.717, 1.165) is 23.6 Å². The molecule has 0 aromatic rings. The van der Waals surface area contributed by atoms with Gasteiger partial charge in [-0.2, -0.15) is 0 Å². The molecule has 1 heterocycles. The van der Waals surface area contributed by atoms with E-state index >= 15 is 0 Å². The highest BCUT2D eigenvalue weighted by atomic mass is 14.3. The molecule has 1 aliphatic heterocycles. The molecule has 22 heavy (non-hydrogen) atoms. The Morgan fingerprint density at radius 3 is 1.91 bits per heavy atom. The molecule has 1 saturated heterocycles. The zero-order valence-corrected chi connectivity index (χ0v) is 15.6. The molecule has 0 radical (unpaired) electrons. The Morgan fingerprint density at radius 1 is 0.727 bits per heavy atom. The molecule has 0 bridgehead atoms. The lowest BCUT2D eigenvalue weighted by molar-refractivity contribution is 0.273. The lowest BCUT2D eigenvalue weighted by atomic mass is 9.50. The Hall–Kier alpha value is 0.0649. The average Bonchev–Trinajstić information content (AvgIpc) is 2.68. The Balaban J connectivity index is 2.03. The second-order valence-electron chi connectivity index (χ2n) is 8.86. The van der Waals surface area contributed by atoms with E-state index in [1.807, 2.05) is 0 Å². The third kappa shape index (κ3) is 6.67. The van der Waals surface area contributed by atoms with Crippen LogP contribution in [0.4, 0.5) is 0 Å². The smallest absolute Gasteiger partial charge is 0.0772 e. The predicted molar refractivity (Wildman–Crippen MR) is 102 cm³/mol. The molecule has 0 N–H and O–H groups in total. The Labute approximate surface area is 141 Å². The fraction of sp³-hybridized carbons (Fsp3) is 1.00. The second kappa shape index (κ2) is 10.8. The van der Waals surface area contributed by atoms with Gasteiger partial charge in [-0.3, -0.25) is 0 Å². The van der Waals surface area contributed by atoms with E-state index in [-0.39, 0.29) is 0 Å². The van der Waals surface area contributed by atoms with Crippen LogP contribution in [0.15, 0.2) is 0 Å². The molecule has 0 spiro atoms. The van der Waals surface area contributed by atoms with Crippen molar-refractivity contribution in [2.75, 3.05) is 0 Å². The fourth-order valence-electron chi connectivity index (χ4n) is 5.38. The molecule has 128 valence electrons. The van der Waals surface area contributed by atoms with Gasteiger partial charge in [-0.25, -0.2) is 0 Å². The van der Waals surface area contributed by atoms with Gasteiger partial charge < -0.3 is 0 Å². The van der Waals surface area contributed by atoms with E-state index in [1.165, 1.54) is 76.9 Å². The first kappa shape index (κ1) is 18.4. The van der Waals surface area contributed by atoms with Crippen LogP contribution in [-0.2, 0) is 0 Å². The molecule has 2 rings (SSSR count). The molecule has 2 unspecified atom stereocenters. The van der Waals surface area contributed by atoms with Crippen LogP contribution in [-0.4, -0.2) is 7.28 Å². The molecule has 0 aromatic carbocycles. The van der Waals surface area contributed by atoms with Gasteiger partial charge >= 0.3 is 0 Å². The first-order valence-corrected chi connectivity index (χ1v) is 10.8. The van der Waals surface area contributed by atoms with Crippen molar-refractivity contribution in [3.8, 4) is 0 Å². The van der Waals surface area contributed by atoms with Crippen molar-refractivity contribution in [3.05, 3.63) is 0 Å². The van der Waals surface area contributed by atoms with Crippen LogP contribution in [0.5, 0.6) is 0 Å². The van der Waals surface area contributed by atoms with Crippen LogP contribution in [0, 0.1) is 17.8 Å². The fourth-order valence-corrected chi connectivity index (χ4v) is 5.38. The molecule has 0 nitrogen and oxygen atoms in total. The molecule has 0 aromatic heterocycles. The maximum atomic E-state index is 2.45. The summed E-state index contributed by atoms with van der Waals surface area (Å²) in [6.45, 7) is 4.90. The highest BCUT2D eigenvalue weighted by molar-refractivity contribution is 6.37. The van der Waals surface area contributed by atoms with Gasteiger partial charge in [-0.1, -0.05) is 109 Å². The summed E-state index contributed by atoms with van der Waals surface area (Å²) in [6, 6.07) is 0. The summed E-state index contributed by atoms with van der Waals surface area (Å²) in [5.41, 5.74) is 0. The van der Waals surface area contributed by atoms with Gasteiger partial charge in [-0.05, 0) is 24.2 Å². The summed E-state index contributed by atoms with van der Waals surface area (Å²) in [5.74, 6) is 4.08. The minimum Gasteiger partial charge on any atom is -0.0772 e. The third-order valence-electron chi connectivity index (χ3n) is 6.50. The van der Waals surface area contributed by atoms with Crippen molar-refractivity contribution in [2.45, 2.75) is 116 Å². The maximum absolute atomic E-state index is 2.45. The van der Waals surface area contributed by atoms with Crippen molar-refractivity contribution in [1.82, 2.24) is 0 Å². The molecule has 1 heteroatoms. The van der Waals surface area contributed by atoms with Crippen molar-refractivity contribution < 1.29 is 0 Å². The van der Waals surface area contributed by atoms with Gasteiger partial charge in [0.1, 0.15) is 7.28 Å². The van der Waals surface area contributed by atoms with Crippen molar-refractivity contribution in [3.63, 3.8) is 0 Å². The second-order valence-corrected chi connectivity index (χ2v) is 8.86. The van der Waals surface area contributed by atoms with Crippen LogP contribution in [0.2, 0.25) is 12.1 Å². The molecular weight excluding hydrogens is 263 g/mol. The summed E-state index contributed by atoms with van der Waals surface area (Å²) in [7, 11) is 1.56. The monoisotopic (exact) mass is 304 g/mol. The van der Waals surface area contributed by atoms with Gasteiger partial charge in [-0.15, -0.1) is 0 Å². The van der Waals surface area contributed by atoms with Gasteiger partial charge in [0.2, 0.25) is 0 Å². The summed E-state index contributed by atoms with van der Waals surface area (Å²) >= 11 is 0. The molecule has 1 saturated carbocycles. The first-order chi connectivity index (χ1) is 10.8. The topological polar surface area (TPSA) is 0 Å². The lowest BCUT2D eigenvalue weighted by Gasteiger charge is -2.35. The quantitative estimate of drug-likeness (QED) is 0.492. The van der Waals surface area contributed by atoms with Crippen molar-refractivity contribution in [2.24, 2.45) is 17.8 Å². The zero-order chi connectivity index (χ0) is 15.6. The Kier molecular flexibility index (Phi) is 9.01. The van der Waals surface area contributed by atoms with Crippen LogP contribution >= 0.6 is 0 Å². The van der Waals surface area contributed by atoms with Crippen LogP contribution in [0.3, 0.4) is 0 Å². The molecule has 1 aliphatic carbocycles. The first-order valence-electron chi connectivity index (χ1n) is 10.8. The van der Waals surface area contributed by atoms with Gasteiger partial charge in [0, 0.05) is 0 Å². The van der Waals surface area contributed by atoms with E-state index in [1.54, 1.807) is 26.5 Å². The lowest BCUT2D eigenvalue weighted by Crippen LogP contribution is -2.25. The van der Waals surface area contributed by atoms with Gasteiger partial charge in [0.05, 0.1) is 0 Å². The average molecular weight is 304 g/mol. The van der Waals surface area contributed by atoms with Crippen molar-refractivity contribution in [1.29, 1.82) is 0 Å². The number of hydrogen-bond acceptors (Lipinski definition) is 0. The van der Waals surface area contributed by atoms with E-state index in [9.17, 15) is 0 Å². The number of hydrogen-bond donors (Lipinski definition) is 0. The summed E-state index contributed by atoms with van der Waals surface area (Å²) < 4.78 is 0.